The molecule has 0 spiro atoms. The lowest BCUT2D eigenvalue weighted by Crippen LogP contribution is -1.97. The third-order valence-corrected chi connectivity index (χ3v) is 5.46. The molecule has 0 bridgehead atoms. The zero-order valence-corrected chi connectivity index (χ0v) is 16.5. The van der Waals surface area contributed by atoms with Crippen LogP contribution in [0.3, 0.4) is 0 Å². The Kier molecular flexibility index (Phi) is 4.97. The van der Waals surface area contributed by atoms with Gasteiger partial charge in [-0.2, -0.15) is 4.37 Å². The minimum atomic E-state index is -1.26. The molecule has 4 aromatic rings. The normalized spacial score (nSPS) is 12.1. The Morgan fingerprint density at radius 3 is 2.75 bits per heavy atom. The van der Waals surface area contributed by atoms with Crippen molar-refractivity contribution in [1.82, 2.24) is 19.3 Å². The second kappa shape index (κ2) is 7.56. The van der Waals surface area contributed by atoms with Crippen molar-refractivity contribution in [3.8, 4) is 11.5 Å². The number of fused-ring (bicyclic) bond motifs is 1. The van der Waals surface area contributed by atoms with E-state index in [9.17, 15) is 8.60 Å². The van der Waals surface area contributed by atoms with Crippen molar-refractivity contribution >= 4 is 44.2 Å². The van der Waals surface area contributed by atoms with Crippen LogP contribution in [-0.2, 0) is 10.8 Å². The minimum absolute atomic E-state index is 0.0413. The maximum absolute atomic E-state index is 14.3. The predicted octanol–water partition coefficient (Wildman–Crippen LogP) is 4.20. The van der Waals surface area contributed by atoms with Crippen LogP contribution in [0.1, 0.15) is 5.82 Å². The first-order chi connectivity index (χ1) is 13.5. The van der Waals surface area contributed by atoms with Crippen LogP contribution >= 0.6 is 11.5 Å². The van der Waals surface area contributed by atoms with E-state index in [1.54, 1.807) is 31.2 Å². The zero-order valence-electron chi connectivity index (χ0n) is 14.8. The Morgan fingerprint density at radius 2 is 2.04 bits per heavy atom. The summed E-state index contributed by atoms with van der Waals surface area (Å²) in [5, 5.41) is 4.42. The number of nitrogens with zero attached hydrogens (tertiary/aromatic N) is 4. The first kappa shape index (κ1) is 18.4. The molecule has 28 heavy (non-hydrogen) atoms. The fourth-order valence-electron chi connectivity index (χ4n) is 2.52. The SMILES string of the molecule is Cc1nsc(Nc2ncnc3ccc(Oc4ccc(S(C)=O)cc4F)cc23)n1. The van der Waals surface area contributed by atoms with Gasteiger partial charge in [-0.3, -0.25) is 4.21 Å². The van der Waals surface area contributed by atoms with Crippen molar-refractivity contribution in [3.63, 3.8) is 0 Å². The summed E-state index contributed by atoms with van der Waals surface area (Å²) in [5.41, 5.74) is 0.697. The molecule has 2 aromatic heterocycles. The maximum atomic E-state index is 14.3. The van der Waals surface area contributed by atoms with E-state index in [1.807, 2.05) is 0 Å². The molecule has 0 fully saturated rings. The number of rotatable bonds is 5. The number of anilines is 2. The number of ether oxygens (including phenoxy) is 1. The molecule has 142 valence electrons. The smallest absolute Gasteiger partial charge is 0.208 e. The lowest BCUT2D eigenvalue weighted by Gasteiger charge is -2.10. The molecule has 1 N–H and O–H groups in total. The number of aromatic nitrogens is 4. The van der Waals surface area contributed by atoms with Crippen molar-refractivity contribution in [2.45, 2.75) is 11.8 Å². The number of benzene rings is 2. The van der Waals surface area contributed by atoms with Gasteiger partial charge >= 0.3 is 0 Å². The van der Waals surface area contributed by atoms with E-state index in [4.69, 9.17) is 4.74 Å². The molecule has 2 heterocycles. The van der Waals surface area contributed by atoms with E-state index in [0.29, 0.717) is 38.3 Å². The summed E-state index contributed by atoms with van der Waals surface area (Å²) in [6.45, 7) is 1.81. The standard InChI is InChI=1S/C18H14FN5O2S2/c1-10-22-18(27-24-10)23-17-13-7-11(3-5-15(13)20-9-21-17)26-16-6-4-12(28(2)25)8-14(16)19/h3-9H,1-2H3,(H,20,21,22,23,24). The molecule has 1 unspecified atom stereocenters. The van der Waals surface area contributed by atoms with Gasteiger partial charge in [-0.25, -0.2) is 19.3 Å². The Hall–Kier alpha value is -2.98. The van der Waals surface area contributed by atoms with Crippen molar-refractivity contribution in [3.05, 3.63) is 54.4 Å². The molecule has 1 atom stereocenters. The van der Waals surface area contributed by atoms with E-state index < -0.39 is 16.6 Å². The van der Waals surface area contributed by atoms with Gasteiger partial charge < -0.3 is 10.1 Å². The van der Waals surface area contributed by atoms with Gasteiger partial charge in [-0.1, -0.05) is 0 Å². The third kappa shape index (κ3) is 3.82. The molecule has 0 aliphatic rings. The largest absolute Gasteiger partial charge is 0.454 e. The van der Waals surface area contributed by atoms with Crippen LogP contribution in [0.15, 0.2) is 47.6 Å². The summed E-state index contributed by atoms with van der Waals surface area (Å²) in [6.07, 6.45) is 2.94. The summed E-state index contributed by atoms with van der Waals surface area (Å²) >= 11 is 1.23. The van der Waals surface area contributed by atoms with Crippen molar-refractivity contribution in [1.29, 1.82) is 0 Å². The van der Waals surface area contributed by atoms with Gasteiger partial charge in [-0.05, 0) is 43.3 Å². The summed E-state index contributed by atoms with van der Waals surface area (Å²) in [7, 11) is -1.26. The van der Waals surface area contributed by atoms with Gasteiger partial charge in [0.25, 0.3) is 0 Å². The van der Waals surface area contributed by atoms with E-state index in [1.165, 1.54) is 36.2 Å². The van der Waals surface area contributed by atoms with Crippen LogP contribution in [0.4, 0.5) is 15.3 Å². The van der Waals surface area contributed by atoms with Crippen LogP contribution in [0, 0.1) is 12.7 Å². The molecular formula is C18H14FN5O2S2. The van der Waals surface area contributed by atoms with E-state index in [2.05, 4.69) is 24.6 Å². The molecule has 7 nitrogen and oxygen atoms in total. The molecule has 0 aliphatic heterocycles. The summed E-state index contributed by atoms with van der Waals surface area (Å²) < 4.78 is 35.6. The molecule has 0 amide bonds. The number of halogens is 1. The zero-order chi connectivity index (χ0) is 19.7. The topological polar surface area (TPSA) is 89.9 Å². The highest BCUT2D eigenvalue weighted by molar-refractivity contribution is 7.84. The summed E-state index contributed by atoms with van der Waals surface area (Å²) in [4.78, 5) is 13.2. The molecule has 0 saturated carbocycles. The molecule has 0 aliphatic carbocycles. The molecule has 2 aromatic carbocycles. The number of aryl methyl sites for hydroxylation is 1. The Balaban J connectivity index is 1.67. The fourth-order valence-corrected chi connectivity index (χ4v) is 3.62. The highest BCUT2D eigenvalue weighted by atomic mass is 32.2. The van der Waals surface area contributed by atoms with Gasteiger partial charge in [0.1, 0.15) is 23.7 Å². The predicted molar refractivity (Wildman–Crippen MR) is 106 cm³/mol. The summed E-state index contributed by atoms with van der Waals surface area (Å²) in [5.74, 6) is 1.09. The third-order valence-electron chi connectivity index (χ3n) is 3.82. The van der Waals surface area contributed by atoms with Crippen molar-refractivity contribution in [2.75, 3.05) is 11.6 Å². The Morgan fingerprint density at radius 1 is 1.18 bits per heavy atom. The van der Waals surface area contributed by atoms with Crippen LogP contribution in [0.2, 0.25) is 0 Å². The fraction of sp³-hybridized carbons (Fsp3) is 0.111. The van der Waals surface area contributed by atoms with Crippen LogP contribution in [-0.4, -0.2) is 29.8 Å². The first-order valence-electron chi connectivity index (χ1n) is 8.12. The van der Waals surface area contributed by atoms with Crippen LogP contribution in [0.5, 0.6) is 11.5 Å². The Labute approximate surface area is 166 Å². The number of nitrogens with one attached hydrogen (secondary N) is 1. The first-order valence-corrected chi connectivity index (χ1v) is 10.5. The van der Waals surface area contributed by atoms with Gasteiger partial charge in [0.2, 0.25) is 5.13 Å². The van der Waals surface area contributed by atoms with Gasteiger partial charge in [0.15, 0.2) is 11.6 Å². The molecule has 4 rings (SSSR count). The quantitative estimate of drug-likeness (QED) is 0.522. The number of hydrogen-bond donors (Lipinski definition) is 1. The molecular weight excluding hydrogens is 401 g/mol. The lowest BCUT2D eigenvalue weighted by atomic mass is 10.2. The van der Waals surface area contributed by atoms with Gasteiger partial charge in [-0.15, -0.1) is 0 Å². The van der Waals surface area contributed by atoms with Crippen molar-refractivity contribution < 1.29 is 13.3 Å². The van der Waals surface area contributed by atoms with Gasteiger partial charge in [0, 0.05) is 38.9 Å². The highest BCUT2D eigenvalue weighted by Crippen LogP contribution is 2.31. The van der Waals surface area contributed by atoms with E-state index in [-0.39, 0.29) is 5.75 Å². The second-order valence-electron chi connectivity index (χ2n) is 5.82. The monoisotopic (exact) mass is 415 g/mol. The van der Waals surface area contributed by atoms with Crippen molar-refractivity contribution in [2.24, 2.45) is 0 Å². The summed E-state index contributed by atoms with van der Waals surface area (Å²) in [6, 6.07) is 9.41. The van der Waals surface area contributed by atoms with Crippen LogP contribution in [0.25, 0.3) is 10.9 Å². The highest BCUT2D eigenvalue weighted by Gasteiger charge is 2.11. The minimum Gasteiger partial charge on any atom is -0.454 e. The lowest BCUT2D eigenvalue weighted by molar-refractivity contribution is 0.441. The molecule has 0 radical (unpaired) electrons. The molecule has 0 saturated heterocycles. The average Bonchev–Trinajstić information content (AvgIpc) is 3.08. The van der Waals surface area contributed by atoms with E-state index in [0.717, 1.165) is 0 Å². The number of hydrogen-bond acceptors (Lipinski definition) is 8. The van der Waals surface area contributed by atoms with Crippen LogP contribution < -0.4 is 10.1 Å². The Bertz CT molecular complexity index is 1200. The maximum Gasteiger partial charge on any atom is 0.208 e. The van der Waals surface area contributed by atoms with E-state index >= 15 is 0 Å². The average molecular weight is 415 g/mol. The van der Waals surface area contributed by atoms with Gasteiger partial charge in [0.05, 0.1) is 5.52 Å². The second-order valence-corrected chi connectivity index (χ2v) is 7.95. The molecule has 10 heteroatoms.